The number of hydrogen-bond acceptors (Lipinski definition) is 1. The Morgan fingerprint density at radius 3 is 2.38 bits per heavy atom. The Hall–Kier alpha value is -1.11. The van der Waals surface area contributed by atoms with E-state index < -0.39 is 0 Å². The maximum atomic E-state index is 10.7. The summed E-state index contributed by atoms with van der Waals surface area (Å²) in [4.78, 5) is 10.7. The molecule has 0 aliphatic heterocycles. The zero-order valence-electron chi connectivity index (χ0n) is 10.3. The highest BCUT2D eigenvalue weighted by Crippen LogP contribution is 2.50. The highest BCUT2D eigenvalue weighted by molar-refractivity contribution is 5.56. The fraction of sp³-hybridized carbons (Fsp3) is 0.533. The second kappa shape index (κ2) is 4.40. The van der Waals surface area contributed by atoms with E-state index in [4.69, 9.17) is 0 Å². The molecular formula is C15H20O. The van der Waals surface area contributed by atoms with Gasteiger partial charge in [0.2, 0.25) is 0 Å². The van der Waals surface area contributed by atoms with E-state index in [0.717, 1.165) is 19.1 Å². The predicted molar refractivity (Wildman–Crippen MR) is 66.8 cm³/mol. The summed E-state index contributed by atoms with van der Waals surface area (Å²) in [6.45, 7) is 4.41. The zero-order valence-corrected chi connectivity index (χ0v) is 10.3. The van der Waals surface area contributed by atoms with E-state index in [-0.39, 0.29) is 5.41 Å². The van der Waals surface area contributed by atoms with Gasteiger partial charge >= 0.3 is 0 Å². The second-order valence-electron chi connectivity index (χ2n) is 4.84. The lowest BCUT2D eigenvalue weighted by Crippen LogP contribution is -2.08. The van der Waals surface area contributed by atoms with Gasteiger partial charge in [-0.15, -0.1) is 0 Å². The number of aryl methyl sites for hydroxylation is 2. The van der Waals surface area contributed by atoms with Crippen molar-refractivity contribution in [2.75, 3.05) is 0 Å². The molecule has 0 heterocycles. The minimum atomic E-state index is 0.206. The van der Waals surface area contributed by atoms with Crippen LogP contribution in [0.1, 0.15) is 49.8 Å². The third-order valence-electron chi connectivity index (χ3n) is 3.91. The van der Waals surface area contributed by atoms with Crippen LogP contribution in [0.25, 0.3) is 0 Å². The van der Waals surface area contributed by atoms with Crippen molar-refractivity contribution in [1.82, 2.24) is 0 Å². The van der Waals surface area contributed by atoms with Crippen LogP contribution < -0.4 is 0 Å². The van der Waals surface area contributed by atoms with Gasteiger partial charge in [-0.05, 0) is 42.4 Å². The molecule has 0 saturated heterocycles. The van der Waals surface area contributed by atoms with Gasteiger partial charge < -0.3 is 4.79 Å². The summed E-state index contributed by atoms with van der Waals surface area (Å²) in [5, 5.41) is 0. The summed E-state index contributed by atoms with van der Waals surface area (Å²) >= 11 is 0. The fourth-order valence-corrected chi connectivity index (χ4v) is 2.55. The van der Waals surface area contributed by atoms with Crippen LogP contribution in [-0.4, -0.2) is 6.29 Å². The van der Waals surface area contributed by atoms with Gasteiger partial charge in [0.25, 0.3) is 0 Å². The normalized spacial score (nSPS) is 17.1. The first kappa shape index (κ1) is 11.4. The van der Waals surface area contributed by atoms with Crippen molar-refractivity contribution in [3.05, 3.63) is 34.9 Å². The Labute approximate surface area is 97.9 Å². The molecule has 0 spiro atoms. The smallest absolute Gasteiger partial charge is 0.120 e. The third-order valence-corrected chi connectivity index (χ3v) is 3.91. The molecule has 1 aliphatic carbocycles. The maximum absolute atomic E-state index is 10.7. The molecule has 0 N–H and O–H groups in total. The molecule has 1 fully saturated rings. The second-order valence-corrected chi connectivity index (χ2v) is 4.84. The van der Waals surface area contributed by atoms with Gasteiger partial charge in [0.1, 0.15) is 6.29 Å². The van der Waals surface area contributed by atoms with Gasteiger partial charge in [-0.25, -0.2) is 0 Å². The van der Waals surface area contributed by atoms with Gasteiger partial charge in [0.15, 0.2) is 0 Å². The van der Waals surface area contributed by atoms with Crippen LogP contribution >= 0.6 is 0 Å². The van der Waals surface area contributed by atoms with Crippen LogP contribution in [0.2, 0.25) is 0 Å². The Morgan fingerprint density at radius 1 is 1.19 bits per heavy atom. The summed E-state index contributed by atoms with van der Waals surface area (Å²) < 4.78 is 0. The quantitative estimate of drug-likeness (QED) is 0.689. The van der Waals surface area contributed by atoms with E-state index in [2.05, 4.69) is 32.0 Å². The van der Waals surface area contributed by atoms with Gasteiger partial charge in [0.05, 0.1) is 0 Å². The van der Waals surface area contributed by atoms with E-state index >= 15 is 0 Å². The number of benzene rings is 1. The van der Waals surface area contributed by atoms with Crippen molar-refractivity contribution in [3.8, 4) is 0 Å². The average Bonchev–Trinajstić information content (AvgIpc) is 3.09. The van der Waals surface area contributed by atoms with Crippen molar-refractivity contribution in [1.29, 1.82) is 0 Å². The van der Waals surface area contributed by atoms with E-state index in [9.17, 15) is 4.79 Å². The molecule has 0 radical (unpaired) electrons. The molecule has 1 saturated carbocycles. The predicted octanol–water partition coefficient (Wildman–Crippen LogP) is 3.43. The third kappa shape index (κ3) is 1.91. The maximum Gasteiger partial charge on any atom is 0.120 e. The zero-order chi connectivity index (χ0) is 11.6. The Bertz CT molecular complexity index is 388. The number of carbonyl (C=O) groups excluding carboxylic acids is 1. The van der Waals surface area contributed by atoms with Crippen LogP contribution in [0.5, 0.6) is 0 Å². The summed E-state index contributed by atoms with van der Waals surface area (Å²) in [6.07, 6.45) is 6.33. The van der Waals surface area contributed by atoms with Crippen LogP contribution in [0.4, 0.5) is 0 Å². The SMILES string of the molecule is CCc1ccc(C2(CC=O)CC2)cc1CC. The minimum absolute atomic E-state index is 0.206. The molecule has 0 amide bonds. The molecule has 0 aromatic heterocycles. The van der Waals surface area contributed by atoms with E-state index in [1.54, 1.807) is 0 Å². The van der Waals surface area contributed by atoms with Crippen molar-refractivity contribution in [2.45, 2.75) is 51.4 Å². The van der Waals surface area contributed by atoms with Crippen molar-refractivity contribution >= 4 is 6.29 Å². The molecule has 1 heteroatoms. The van der Waals surface area contributed by atoms with Crippen molar-refractivity contribution < 1.29 is 4.79 Å². The van der Waals surface area contributed by atoms with Gasteiger partial charge in [0, 0.05) is 11.8 Å². The standard InChI is InChI=1S/C15H20O/c1-3-12-5-6-14(11-13(12)4-2)15(7-8-15)9-10-16/h5-6,10-11H,3-4,7-9H2,1-2H3. The molecule has 0 atom stereocenters. The Kier molecular flexibility index (Phi) is 3.13. The average molecular weight is 216 g/mol. The highest BCUT2D eigenvalue weighted by atomic mass is 16.1. The van der Waals surface area contributed by atoms with Crippen molar-refractivity contribution in [2.24, 2.45) is 0 Å². The molecule has 1 aromatic rings. The highest BCUT2D eigenvalue weighted by Gasteiger charge is 2.43. The fourth-order valence-electron chi connectivity index (χ4n) is 2.55. The molecule has 2 rings (SSSR count). The van der Waals surface area contributed by atoms with Crippen LogP contribution in [0, 0.1) is 0 Å². The first-order valence-electron chi connectivity index (χ1n) is 6.31. The van der Waals surface area contributed by atoms with Gasteiger partial charge in [-0.1, -0.05) is 32.0 Å². The van der Waals surface area contributed by atoms with Crippen molar-refractivity contribution in [3.63, 3.8) is 0 Å². The van der Waals surface area contributed by atoms with Crippen LogP contribution in [0.15, 0.2) is 18.2 Å². The molecule has 16 heavy (non-hydrogen) atoms. The molecule has 0 bridgehead atoms. The first-order chi connectivity index (χ1) is 7.75. The monoisotopic (exact) mass is 216 g/mol. The summed E-state index contributed by atoms with van der Waals surface area (Å²) in [5.74, 6) is 0. The van der Waals surface area contributed by atoms with Gasteiger partial charge in [-0.2, -0.15) is 0 Å². The minimum Gasteiger partial charge on any atom is -0.303 e. The number of rotatable bonds is 5. The molecule has 0 unspecified atom stereocenters. The molecule has 1 aromatic carbocycles. The summed E-state index contributed by atoms with van der Waals surface area (Å²) in [5.41, 5.74) is 4.50. The van der Waals surface area contributed by atoms with Crippen LogP contribution in [-0.2, 0) is 23.1 Å². The molecule has 1 nitrogen and oxygen atoms in total. The lowest BCUT2D eigenvalue weighted by atomic mass is 9.89. The van der Waals surface area contributed by atoms with E-state index in [1.165, 1.54) is 29.5 Å². The van der Waals surface area contributed by atoms with E-state index in [1.807, 2.05) is 0 Å². The topological polar surface area (TPSA) is 17.1 Å². The lowest BCUT2D eigenvalue weighted by molar-refractivity contribution is -0.108. The summed E-state index contributed by atoms with van der Waals surface area (Å²) in [7, 11) is 0. The summed E-state index contributed by atoms with van der Waals surface area (Å²) in [6, 6.07) is 6.81. The van der Waals surface area contributed by atoms with Crippen LogP contribution in [0.3, 0.4) is 0 Å². The first-order valence-corrected chi connectivity index (χ1v) is 6.31. The Morgan fingerprint density at radius 2 is 1.88 bits per heavy atom. The molecule has 1 aliphatic rings. The van der Waals surface area contributed by atoms with E-state index in [0.29, 0.717) is 6.42 Å². The van der Waals surface area contributed by atoms with Gasteiger partial charge in [-0.3, -0.25) is 0 Å². The Balaban J connectivity index is 2.32. The largest absolute Gasteiger partial charge is 0.303 e. The number of carbonyl (C=O) groups is 1. The molecule has 86 valence electrons. The lowest BCUT2D eigenvalue weighted by Gasteiger charge is -2.15. The molecular weight excluding hydrogens is 196 g/mol. The number of aldehydes is 1. The number of hydrogen-bond donors (Lipinski definition) is 0.